The fourth-order valence-corrected chi connectivity index (χ4v) is 4.02. The van der Waals surface area contributed by atoms with Crippen LogP contribution in [-0.4, -0.2) is 31.1 Å². The summed E-state index contributed by atoms with van der Waals surface area (Å²) in [7, 11) is 1.96. The van der Waals surface area contributed by atoms with Crippen LogP contribution in [0.1, 0.15) is 30.1 Å². The molecule has 0 N–H and O–H groups in total. The molecule has 1 aliphatic heterocycles. The Bertz CT molecular complexity index is 1130. The smallest absolute Gasteiger partial charge is 0.331 e. The molecule has 29 heavy (non-hydrogen) atoms. The molecule has 150 valence electrons. The number of benzene rings is 1. The molecule has 1 fully saturated rings. The van der Waals surface area contributed by atoms with Crippen LogP contribution < -0.4 is 11.2 Å². The zero-order chi connectivity index (χ0) is 20.4. The van der Waals surface area contributed by atoms with Crippen LogP contribution in [0.3, 0.4) is 0 Å². The van der Waals surface area contributed by atoms with E-state index >= 15 is 0 Å². The van der Waals surface area contributed by atoms with Crippen molar-refractivity contribution in [3.63, 3.8) is 0 Å². The predicted octanol–water partition coefficient (Wildman–Crippen LogP) is 1.76. The molecule has 0 saturated carbocycles. The molecule has 0 bridgehead atoms. The van der Waals surface area contributed by atoms with Crippen LogP contribution in [0.2, 0.25) is 0 Å². The molecule has 0 aliphatic carbocycles. The highest BCUT2D eigenvalue weighted by Gasteiger charge is 2.31. The van der Waals surface area contributed by atoms with Gasteiger partial charge in [0, 0.05) is 37.7 Å². The van der Waals surface area contributed by atoms with Crippen LogP contribution in [0.5, 0.6) is 0 Å². The Hall–Kier alpha value is -3.35. The Balaban J connectivity index is 1.58. The van der Waals surface area contributed by atoms with Crippen molar-refractivity contribution in [3.05, 3.63) is 93.0 Å². The topological polar surface area (TPSA) is 69.2 Å². The first-order valence-electron chi connectivity index (χ1n) is 9.79. The molecule has 3 heterocycles. The number of hydrogen-bond acceptors (Lipinski definition) is 3. The highest BCUT2D eigenvalue weighted by Crippen LogP contribution is 2.31. The van der Waals surface area contributed by atoms with E-state index in [1.807, 2.05) is 60.3 Å². The number of amides is 1. The Labute approximate surface area is 168 Å². The number of aryl methyl sites for hydroxylation is 1. The van der Waals surface area contributed by atoms with Gasteiger partial charge >= 0.3 is 5.69 Å². The van der Waals surface area contributed by atoms with E-state index in [0.717, 1.165) is 28.7 Å². The van der Waals surface area contributed by atoms with E-state index in [9.17, 15) is 14.4 Å². The van der Waals surface area contributed by atoms with E-state index in [2.05, 4.69) is 0 Å². The Morgan fingerprint density at radius 2 is 1.83 bits per heavy atom. The van der Waals surface area contributed by atoms with Crippen LogP contribution in [0, 0.1) is 0 Å². The molecular formula is C22H24N4O3. The Morgan fingerprint density at radius 3 is 2.55 bits per heavy atom. The summed E-state index contributed by atoms with van der Waals surface area (Å²) in [6.07, 6.45) is 5.23. The lowest BCUT2D eigenvalue weighted by molar-refractivity contribution is -0.133. The fourth-order valence-electron chi connectivity index (χ4n) is 4.02. The summed E-state index contributed by atoms with van der Waals surface area (Å²) >= 11 is 0. The Morgan fingerprint density at radius 1 is 1.03 bits per heavy atom. The summed E-state index contributed by atoms with van der Waals surface area (Å²) in [5.74, 6) is -0.203. The number of carbonyl (C=O) groups excluding carboxylic acids is 1. The predicted molar refractivity (Wildman–Crippen MR) is 110 cm³/mol. The second-order valence-electron chi connectivity index (χ2n) is 7.43. The van der Waals surface area contributed by atoms with Gasteiger partial charge in [-0.15, -0.1) is 0 Å². The second kappa shape index (κ2) is 7.95. The van der Waals surface area contributed by atoms with Gasteiger partial charge in [-0.3, -0.25) is 18.7 Å². The first-order chi connectivity index (χ1) is 14.0. The van der Waals surface area contributed by atoms with Crippen LogP contribution >= 0.6 is 0 Å². The number of carbonyl (C=O) groups is 1. The molecule has 4 rings (SSSR count). The zero-order valence-electron chi connectivity index (χ0n) is 16.4. The largest absolute Gasteiger partial charge is 0.353 e. The third-order valence-corrected chi connectivity index (χ3v) is 5.53. The van der Waals surface area contributed by atoms with E-state index in [1.165, 1.54) is 16.8 Å². The fraction of sp³-hybridized carbons (Fsp3) is 0.318. The number of hydrogen-bond donors (Lipinski definition) is 0. The summed E-state index contributed by atoms with van der Waals surface area (Å²) in [4.78, 5) is 40.0. The van der Waals surface area contributed by atoms with Crippen molar-refractivity contribution in [1.29, 1.82) is 0 Å². The minimum Gasteiger partial charge on any atom is -0.353 e. The average molecular weight is 392 g/mol. The van der Waals surface area contributed by atoms with Gasteiger partial charge in [-0.1, -0.05) is 30.3 Å². The van der Waals surface area contributed by atoms with Crippen molar-refractivity contribution in [2.75, 3.05) is 6.54 Å². The van der Waals surface area contributed by atoms with E-state index in [-0.39, 0.29) is 18.5 Å². The number of nitrogens with zero attached hydrogens (tertiary/aromatic N) is 4. The summed E-state index contributed by atoms with van der Waals surface area (Å²) in [5, 5.41) is 0. The maximum absolute atomic E-state index is 13.0. The van der Waals surface area contributed by atoms with Crippen LogP contribution in [0.15, 0.2) is 70.5 Å². The summed E-state index contributed by atoms with van der Waals surface area (Å²) in [6.45, 7) is 0.743. The lowest BCUT2D eigenvalue weighted by Gasteiger charge is -2.25. The maximum Gasteiger partial charge on any atom is 0.331 e. The molecule has 0 radical (unpaired) electrons. The summed E-state index contributed by atoms with van der Waals surface area (Å²) < 4.78 is 4.51. The molecule has 3 aromatic rings. The lowest BCUT2D eigenvalue weighted by atomic mass is 10.1. The minimum absolute atomic E-state index is 0.0199. The van der Waals surface area contributed by atoms with Gasteiger partial charge in [0.05, 0.1) is 12.6 Å². The van der Waals surface area contributed by atoms with Gasteiger partial charge in [-0.2, -0.15) is 0 Å². The Kier molecular flexibility index (Phi) is 5.20. The SMILES string of the molecule is Cn1cccc1C1CCCN1C(=O)Cn1c(=O)ccn(Cc2ccccc2)c1=O. The van der Waals surface area contributed by atoms with Gasteiger partial charge in [-0.05, 0) is 30.5 Å². The molecule has 2 aromatic heterocycles. The molecule has 1 saturated heterocycles. The normalized spacial score (nSPS) is 16.3. The lowest BCUT2D eigenvalue weighted by Crippen LogP contribution is -2.44. The molecule has 1 unspecified atom stereocenters. The molecule has 1 aromatic carbocycles. The highest BCUT2D eigenvalue weighted by atomic mass is 16.2. The van der Waals surface area contributed by atoms with E-state index in [0.29, 0.717) is 13.1 Å². The zero-order valence-corrected chi connectivity index (χ0v) is 16.4. The third-order valence-electron chi connectivity index (χ3n) is 5.53. The van der Waals surface area contributed by atoms with Gasteiger partial charge in [-0.25, -0.2) is 4.79 Å². The quantitative estimate of drug-likeness (QED) is 0.664. The average Bonchev–Trinajstić information content (AvgIpc) is 3.36. The molecule has 7 nitrogen and oxygen atoms in total. The molecule has 1 aliphatic rings. The van der Waals surface area contributed by atoms with Crippen molar-refractivity contribution >= 4 is 5.91 Å². The van der Waals surface area contributed by atoms with E-state index in [4.69, 9.17) is 0 Å². The van der Waals surface area contributed by atoms with Crippen molar-refractivity contribution in [3.8, 4) is 0 Å². The molecule has 7 heteroatoms. The standard InChI is InChI=1S/C22H24N4O3/c1-23-12-5-9-18(23)19-10-6-13-25(19)21(28)16-26-20(27)11-14-24(22(26)29)15-17-7-3-2-4-8-17/h2-5,7-9,11-12,14,19H,6,10,13,15-16H2,1H3. The van der Waals surface area contributed by atoms with Crippen molar-refractivity contribution in [1.82, 2.24) is 18.6 Å². The van der Waals surface area contributed by atoms with Crippen LogP contribution in [0.25, 0.3) is 0 Å². The number of rotatable bonds is 5. The maximum atomic E-state index is 13.0. The molecule has 1 atom stereocenters. The van der Waals surface area contributed by atoms with E-state index < -0.39 is 11.2 Å². The monoisotopic (exact) mass is 392 g/mol. The first kappa shape index (κ1) is 19.0. The number of likely N-dealkylation sites (tertiary alicyclic amines) is 1. The van der Waals surface area contributed by atoms with Gasteiger partial charge < -0.3 is 9.47 Å². The van der Waals surface area contributed by atoms with Gasteiger partial charge in [0.15, 0.2) is 0 Å². The van der Waals surface area contributed by atoms with Crippen molar-refractivity contribution < 1.29 is 4.79 Å². The molecule has 0 spiro atoms. The number of aromatic nitrogens is 3. The molecular weight excluding hydrogens is 368 g/mol. The van der Waals surface area contributed by atoms with Crippen molar-refractivity contribution in [2.24, 2.45) is 7.05 Å². The minimum atomic E-state index is -0.468. The first-order valence-corrected chi connectivity index (χ1v) is 9.79. The summed E-state index contributed by atoms with van der Waals surface area (Å²) in [5.41, 5.74) is 1.10. The van der Waals surface area contributed by atoms with Crippen LogP contribution in [-0.2, 0) is 24.9 Å². The highest BCUT2D eigenvalue weighted by molar-refractivity contribution is 5.76. The summed E-state index contributed by atoms with van der Waals surface area (Å²) in [6, 6.07) is 14.8. The molecule has 1 amide bonds. The van der Waals surface area contributed by atoms with Crippen LogP contribution in [0.4, 0.5) is 0 Å². The van der Waals surface area contributed by atoms with E-state index in [1.54, 1.807) is 4.90 Å². The second-order valence-corrected chi connectivity index (χ2v) is 7.43. The van der Waals surface area contributed by atoms with Gasteiger partial charge in [0.2, 0.25) is 5.91 Å². The van der Waals surface area contributed by atoms with Gasteiger partial charge in [0.1, 0.15) is 6.54 Å². The van der Waals surface area contributed by atoms with Crippen molar-refractivity contribution in [2.45, 2.75) is 32.0 Å². The third kappa shape index (κ3) is 3.81. The van der Waals surface area contributed by atoms with Gasteiger partial charge in [0.25, 0.3) is 5.56 Å².